The quantitative estimate of drug-likeness (QED) is 0.863. The minimum Gasteiger partial charge on any atom is -0.469 e. The van der Waals surface area contributed by atoms with Crippen LogP contribution in [-0.2, 0) is 18.3 Å². The molecule has 0 fully saturated rings. The van der Waals surface area contributed by atoms with Crippen LogP contribution in [0.3, 0.4) is 0 Å². The fraction of sp³-hybridized carbons (Fsp3) is 0.467. The number of fused-ring (bicyclic) bond motifs is 1. The Balaban J connectivity index is 1.90. The van der Waals surface area contributed by atoms with Gasteiger partial charge in [0.05, 0.1) is 30.3 Å². The topological polar surface area (TPSA) is 60.5 Å². The predicted molar refractivity (Wildman–Crippen MR) is 76.0 cm³/mol. The van der Waals surface area contributed by atoms with Crippen molar-refractivity contribution in [2.24, 2.45) is 7.05 Å². The van der Waals surface area contributed by atoms with Crippen molar-refractivity contribution in [3.8, 4) is 0 Å². The molecule has 2 aromatic heterocycles. The summed E-state index contributed by atoms with van der Waals surface area (Å²) in [6.07, 6.45) is 3.38. The summed E-state index contributed by atoms with van der Waals surface area (Å²) in [5.74, 6) is 0.791. The first-order chi connectivity index (χ1) is 10.1. The SMILES string of the molecule is COC[C@@H]1CN(C(=O)c2ccoc2C)Cc2cnn(C)c21. The van der Waals surface area contributed by atoms with E-state index in [2.05, 4.69) is 5.10 Å². The molecule has 0 spiro atoms. The van der Waals surface area contributed by atoms with Gasteiger partial charge < -0.3 is 14.1 Å². The van der Waals surface area contributed by atoms with E-state index >= 15 is 0 Å². The molecule has 6 nitrogen and oxygen atoms in total. The van der Waals surface area contributed by atoms with Gasteiger partial charge in [0, 0.05) is 38.7 Å². The maximum atomic E-state index is 12.6. The molecule has 0 aliphatic carbocycles. The molecule has 1 aliphatic heterocycles. The van der Waals surface area contributed by atoms with E-state index in [0.717, 1.165) is 11.3 Å². The number of carbonyl (C=O) groups is 1. The van der Waals surface area contributed by atoms with Gasteiger partial charge in [0.2, 0.25) is 0 Å². The zero-order valence-electron chi connectivity index (χ0n) is 12.5. The van der Waals surface area contributed by atoms with Crippen LogP contribution in [0.4, 0.5) is 0 Å². The average molecular weight is 289 g/mol. The molecule has 0 unspecified atom stereocenters. The normalized spacial score (nSPS) is 17.9. The molecule has 0 N–H and O–H groups in total. The number of amides is 1. The maximum absolute atomic E-state index is 12.6. The van der Waals surface area contributed by atoms with Crippen LogP contribution in [0.5, 0.6) is 0 Å². The summed E-state index contributed by atoms with van der Waals surface area (Å²) in [4.78, 5) is 14.5. The number of furan rings is 1. The van der Waals surface area contributed by atoms with Crippen LogP contribution in [0.25, 0.3) is 0 Å². The summed E-state index contributed by atoms with van der Waals surface area (Å²) in [5, 5.41) is 4.31. The maximum Gasteiger partial charge on any atom is 0.257 e. The van der Waals surface area contributed by atoms with Crippen molar-refractivity contribution >= 4 is 5.91 Å². The zero-order chi connectivity index (χ0) is 15.0. The van der Waals surface area contributed by atoms with Crippen LogP contribution in [0.15, 0.2) is 22.9 Å². The molecular weight excluding hydrogens is 270 g/mol. The highest BCUT2D eigenvalue weighted by atomic mass is 16.5. The fourth-order valence-electron chi connectivity index (χ4n) is 3.03. The summed E-state index contributed by atoms with van der Waals surface area (Å²) < 4.78 is 12.4. The van der Waals surface area contributed by atoms with Crippen molar-refractivity contribution < 1.29 is 13.9 Å². The Labute approximate surface area is 123 Å². The minimum atomic E-state index is -0.00291. The highest BCUT2D eigenvalue weighted by molar-refractivity contribution is 5.95. The molecule has 112 valence electrons. The van der Waals surface area contributed by atoms with E-state index in [-0.39, 0.29) is 11.8 Å². The number of carbonyl (C=O) groups excluding carboxylic acids is 1. The van der Waals surface area contributed by atoms with Crippen molar-refractivity contribution in [3.05, 3.63) is 41.1 Å². The van der Waals surface area contributed by atoms with E-state index in [9.17, 15) is 4.79 Å². The molecule has 0 aromatic carbocycles. The first kappa shape index (κ1) is 13.9. The summed E-state index contributed by atoms with van der Waals surface area (Å²) >= 11 is 0. The van der Waals surface area contributed by atoms with Crippen molar-refractivity contribution in [1.29, 1.82) is 0 Å². The Morgan fingerprint density at radius 1 is 1.57 bits per heavy atom. The lowest BCUT2D eigenvalue weighted by molar-refractivity contribution is 0.0674. The molecule has 0 radical (unpaired) electrons. The number of aryl methyl sites for hydroxylation is 2. The Kier molecular flexibility index (Phi) is 3.55. The Morgan fingerprint density at radius 3 is 3.05 bits per heavy atom. The minimum absolute atomic E-state index is 0.00291. The van der Waals surface area contributed by atoms with Crippen molar-refractivity contribution in [1.82, 2.24) is 14.7 Å². The van der Waals surface area contributed by atoms with Gasteiger partial charge in [-0.15, -0.1) is 0 Å². The third-order valence-corrected chi connectivity index (χ3v) is 4.00. The second kappa shape index (κ2) is 5.37. The Bertz CT molecular complexity index is 659. The molecule has 3 rings (SSSR count). The third-order valence-electron chi connectivity index (χ3n) is 4.00. The lowest BCUT2D eigenvalue weighted by Gasteiger charge is -2.32. The van der Waals surface area contributed by atoms with E-state index in [1.54, 1.807) is 26.4 Å². The van der Waals surface area contributed by atoms with E-state index in [1.165, 1.54) is 0 Å². The van der Waals surface area contributed by atoms with E-state index in [1.807, 2.05) is 22.8 Å². The molecule has 2 aromatic rings. The Morgan fingerprint density at radius 2 is 2.38 bits per heavy atom. The summed E-state index contributed by atoms with van der Waals surface area (Å²) in [7, 11) is 3.61. The van der Waals surface area contributed by atoms with E-state index in [0.29, 0.717) is 31.0 Å². The summed E-state index contributed by atoms with van der Waals surface area (Å²) in [6, 6.07) is 1.72. The zero-order valence-corrected chi connectivity index (χ0v) is 12.5. The summed E-state index contributed by atoms with van der Waals surface area (Å²) in [6.45, 7) is 3.58. The molecule has 0 saturated carbocycles. The smallest absolute Gasteiger partial charge is 0.257 e. The molecule has 1 amide bonds. The molecule has 0 bridgehead atoms. The Hall–Kier alpha value is -2.08. The van der Waals surface area contributed by atoms with Gasteiger partial charge in [-0.1, -0.05) is 0 Å². The van der Waals surface area contributed by atoms with Gasteiger partial charge in [0.25, 0.3) is 5.91 Å². The van der Waals surface area contributed by atoms with Gasteiger partial charge in [0.1, 0.15) is 5.76 Å². The van der Waals surface area contributed by atoms with Crippen molar-refractivity contribution in [2.45, 2.75) is 19.4 Å². The van der Waals surface area contributed by atoms with E-state index in [4.69, 9.17) is 9.15 Å². The number of hydrogen-bond donors (Lipinski definition) is 0. The van der Waals surface area contributed by atoms with Gasteiger partial charge in [-0.05, 0) is 13.0 Å². The number of hydrogen-bond acceptors (Lipinski definition) is 4. The number of aromatic nitrogens is 2. The van der Waals surface area contributed by atoms with Gasteiger partial charge in [-0.25, -0.2) is 0 Å². The van der Waals surface area contributed by atoms with Crippen LogP contribution in [0.1, 0.15) is 33.3 Å². The molecule has 6 heteroatoms. The first-order valence-corrected chi connectivity index (χ1v) is 6.95. The van der Waals surface area contributed by atoms with Crippen LogP contribution in [0, 0.1) is 6.92 Å². The number of methoxy groups -OCH3 is 1. The highest BCUT2D eigenvalue weighted by Crippen LogP contribution is 2.29. The standard InChI is InChI=1S/C15H19N3O3/c1-10-13(4-5-21-10)15(19)18-7-11-6-16-17(2)14(11)12(8-18)9-20-3/h4-6,12H,7-9H2,1-3H3/t12-/m0/s1. The second-order valence-corrected chi connectivity index (χ2v) is 5.41. The van der Waals surface area contributed by atoms with Crippen molar-refractivity contribution in [2.75, 3.05) is 20.3 Å². The number of rotatable bonds is 3. The summed E-state index contributed by atoms with van der Waals surface area (Å²) in [5.41, 5.74) is 2.86. The van der Waals surface area contributed by atoms with Crippen LogP contribution < -0.4 is 0 Å². The fourth-order valence-corrected chi connectivity index (χ4v) is 3.03. The van der Waals surface area contributed by atoms with E-state index < -0.39 is 0 Å². The monoisotopic (exact) mass is 289 g/mol. The second-order valence-electron chi connectivity index (χ2n) is 5.41. The molecule has 1 aliphatic rings. The number of nitrogens with zero attached hydrogens (tertiary/aromatic N) is 3. The van der Waals surface area contributed by atoms with Gasteiger partial charge in [-0.3, -0.25) is 9.48 Å². The molecular formula is C15H19N3O3. The first-order valence-electron chi connectivity index (χ1n) is 6.95. The number of ether oxygens (including phenoxy) is 1. The lowest BCUT2D eigenvalue weighted by atomic mass is 9.96. The van der Waals surface area contributed by atoms with Gasteiger partial charge >= 0.3 is 0 Å². The van der Waals surface area contributed by atoms with Gasteiger partial charge in [-0.2, -0.15) is 5.10 Å². The highest BCUT2D eigenvalue weighted by Gasteiger charge is 2.32. The van der Waals surface area contributed by atoms with Crippen molar-refractivity contribution in [3.63, 3.8) is 0 Å². The van der Waals surface area contributed by atoms with Crippen LogP contribution in [-0.4, -0.2) is 40.8 Å². The molecule has 3 heterocycles. The molecule has 0 saturated heterocycles. The van der Waals surface area contributed by atoms with Crippen LogP contribution >= 0.6 is 0 Å². The average Bonchev–Trinajstić information content (AvgIpc) is 3.05. The lowest BCUT2D eigenvalue weighted by Crippen LogP contribution is -2.40. The largest absolute Gasteiger partial charge is 0.469 e. The predicted octanol–water partition coefficient (Wildman–Crippen LogP) is 1.71. The third kappa shape index (κ3) is 2.35. The van der Waals surface area contributed by atoms with Gasteiger partial charge in [0.15, 0.2) is 0 Å². The van der Waals surface area contributed by atoms with Crippen LogP contribution in [0.2, 0.25) is 0 Å². The molecule has 21 heavy (non-hydrogen) atoms. The molecule has 1 atom stereocenters.